The van der Waals surface area contributed by atoms with Crippen molar-refractivity contribution in [2.24, 2.45) is 5.92 Å². The maximum atomic E-state index is 12.1. The van der Waals surface area contributed by atoms with Crippen molar-refractivity contribution in [1.29, 1.82) is 0 Å². The van der Waals surface area contributed by atoms with Gasteiger partial charge in [-0.1, -0.05) is 24.4 Å². The summed E-state index contributed by atoms with van der Waals surface area (Å²) in [5, 5.41) is 4.67. The summed E-state index contributed by atoms with van der Waals surface area (Å²) in [5.74, 6) is 0.627. The van der Waals surface area contributed by atoms with E-state index in [4.69, 9.17) is 11.6 Å². The van der Waals surface area contributed by atoms with Gasteiger partial charge in [0, 0.05) is 22.5 Å². The van der Waals surface area contributed by atoms with Crippen molar-refractivity contribution in [3.63, 3.8) is 0 Å². The lowest BCUT2D eigenvalue weighted by Crippen LogP contribution is -2.28. The molecule has 0 bridgehead atoms. The lowest BCUT2D eigenvalue weighted by molar-refractivity contribution is 0.0943. The van der Waals surface area contributed by atoms with E-state index in [0.29, 0.717) is 16.6 Å². The van der Waals surface area contributed by atoms with E-state index in [1.165, 1.54) is 25.7 Å². The summed E-state index contributed by atoms with van der Waals surface area (Å²) < 4.78 is 0. The molecule has 1 amide bonds. The Morgan fingerprint density at radius 3 is 2.89 bits per heavy atom. The molecule has 4 heteroatoms. The van der Waals surface area contributed by atoms with Gasteiger partial charge in [0.1, 0.15) is 5.69 Å². The van der Waals surface area contributed by atoms with Crippen molar-refractivity contribution in [2.75, 3.05) is 6.54 Å². The average molecular weight is 277 g/mol. The second-order valence-corrected chi connectivity index (χ2v) is 5.71. The number of nitrogens with one attached hydrogen (secondary N) is 2. The number of aromatic nitrogens is 1. The Morgan fingerprint density at radius 1 is 1.32 bits per heavy atom. The van der Waals surface area contributed by atoms with Crippen LogP contribution in [0.3, 0.4) is 0 Å². The van der Waals surface area contributed by atoms with Crippen LogP contribution in [0.2, 0.25) is 5.02 Å². The van der Waals surface area contributed by atoms with Gasteiger partial charge in [0.15, 0.2) is 0 Å². The molecule has 0 spiro atoms. The Hall–Kier alpha value is -1.48. The number of carbonyl (C=O) groups is 1. The minimum atomic E-state index is -0.0285. The predicted octanol–water partition coefficient (Wildman–Crippen LogP) is 3.74. The summed E-state index contributed by atoms with van der Waals surface area (Å²) in [7, 11) is 0. The van der Waals surface area contributed by atoms with Crippen LogP contribution in [0.5, 0.6) is 0 Å². The van der Waals surface area contributed by atoms with Gasteiger partial charge in [0.05, 0.1) is 0 Å². The molecular formula is C15H17ClN2O. The second-order valence-electron chi connectivity index (χ2n) is 5.28. The quantitative estimate of drug-likeness (QED) is 0.881. The number of amides is 1. The first-order chi connectivity index (χ1) is 9.22. The van der Waals surface area contributed by atoms with Crippen LogP contribution in [-0.2, 0) is 0 Å². The van der Waals surface area contributed by atoms with Crippen LogP contribution in [0.25, 0.3) is 10.9 Å². The zero-order valence-electron chi connectivity index (χ0n) is 10.7. The Morgan fingerprint density at radius 2 is 2.11 bits per heavy atom. The summed E-state index contributed by atoms with van der Waals surface area (Å²) in [6.45, 7) is 0.787. The number of carbonyl (C=O) groups excluding carboxylic acids is 1. The van der Waals surface area contributed by atoms with Crippen LogP contribution in [-0.4, -0.2) is 17.4 Å². The normalized spacial score (nSPS) is 16.1. The highest BCUT2D eigenvalue weighted by Gasteiger charge is 2.16. The maximum Gasteiger partial charge on any atom is 0.267 e. The fraction of sp³-hybridized carbons (Fsp3) is 0.400. The van der Waals surface area contributed by atoms with E-state index in [-0.39, 0.29) is 5.91 Å². The first-order valence-corrected chi connectivity index (χ1v) is 7.16. The molecule has 3 nitrogen and oxygen atoms in total. The highest BCUT2D eigenvalue weighted by atomic mass is 35.5. The van der Waals surface area contributed by atoms with Crippen molar-refractivity contribution in [3.05, 3.63) is 35.0 Å². The minimum absolute atomic E-state index is 0.0285. The van der Waals surface area contributed by atoms with Gasteiger partial charge in [0.25, 0.3) is 5.91 Å². The van der Waals surface area contributed by atoms with Crippen LogP contribution in [0, 0.1) is 5.92 Å². The predicted molar refractivity (Wildman–Crippen MR) is 77.6 cm³/mol. The maximum absolute atomic E-state index is 12.1. The molecule has 1 aromatic heterocycles. The number of benzene rings is 1. The summed E-state index contributed by atoms with van der Waals surface area (Å²) in [5.41, 5.74) is 1.55. The summed E-state index contributed by atoms with van der Waals surface area (Å²) in [4.78, 5) is 15.2. The Bertz CT molecular complexity index is 599. The van der Waals surface area contributed by atoms with Gasteiger partial charge in [-0.25, -0.2) is 0 Å². The molecule has 0 aliphatic heterocycles. The van der Waals surface area contributed by atoms with Gasteiger partial charge in [-0.3, -0.25) is 4.79 Å². The van der Waals surface area contributed by atoms with Crippen molar-refractivity contribution in [2.45, 2.75) is 25.7 Å². The molecule has 0 radical (unpaired) electrons. The molecule has 100 valence electrons. The highest BCUT2D eigenvalue weighted by molar-refractivity contribution is 6.31. The Balaban J connectivity index is 1.70. The lowest BCUT2D eigenvalue weighted by Gasteiger charge is -2.09. The van der Waals surface area contributed by atoms with E-state index < -0.39 is 0 Å². The van der Waals surface area contributed by atoms with Gasteiger partial charge in [0.2, 0.25) is 0 Å². The van der Waals surface area contributed by atoms with E-state index in [2.05, 4.69) is 10.3 Å². The Labute approximate surface area is 117 Å². The fourth-order valence-corrected chi connectivity index (χ4v) is 2.95. The van der Waals surface area contributed by atoms with Crippen molar-refractivity contribution < 1.29 is 4.79 Å². The van der Waals surface area contributed by atoms with E-state index in [1.807, 2.05) is 24.3 Å². The van der Waals surface area contributed by atoms with E-state index in [1.54, 1.807) is 0 Å². The molecule has 1 aromatic carbocycles. The van der Waals surface area contributed by atoms with Crippen LogP contribution >= 0.6 is 11.6 Å². The van der Waals surface area contributed by atoms with Crippen molar-refractivity contribution in [1.82, 2.24) is 10.3 Å². The van der Waals surface area contributed by atoms with Gasteiger partial charge >= 0.3 is 0 Å². The number of fused-ring (bicyclic) bond motifs is 1. The number of H-pyrrole nitrogens is 1. The molecule has 0 atom stereocenters. The molecule has 2 N–H and O–H groups in total. The molecule has 1 aliphatic rings. The van der Waals surface area contributed by atoms with E-state index in [0.717, 1.165) is 17.4 Å². The summed E-state index contributed by atoms with van der Waals surface area (Å²) in [6, 6.07) is 7.43. The first-order valence-electron chi connectivity index (χ1n) is 6.79. The summed E-state index contributed by atoms with van der Waals surface area (Å²) >= 11 is 5.94. The van der Waals surface area contributed by atoms with Crippen molar-refractivity contribution in [3.8, 4) is 0 Å². The number of rotatable bonds is 3. The largest absolute Gasteiger partial charge is 0.351 e. The molecule has 0 saturated heterocycles. The van der Waals surface area contributed by atoms with Crippen molar-refractivity contribution >= 4 is 28.4 Å². The lowest BCUT2D eigenvalue weighted by atomic mass is 10.1. The van der Waals surface area contributed by atoms with E-state index in [9.17, 15) is 4.79 Å². The molecule has 1 saturated carbocycles. The third-order valence-electron chi connectivity index (χ3n) is 3.85. The number of hydrogen-bond donors (Lipinski definition) is 2. The van der Waals surface area contributed by atoms with Gasteiger partial charge in [-0.05, 0) is 43.0 Å². The van der Waals surface area contributed by atoms with Gasteiger partial charge in [-0.15, -0.1) is 0 Å². The number of aromatic amines is 1. The fourth-order valence-electron chi connectivity index (χ4n) is 2.77. The molecule has 3 rings (SSSR count). The topological polar surface area (TPSA) is 44.9 Å². The third-order valence-corrected chi connectivity index (χ3v) is 4.09. The molecular weight excluding hydrogens is 260 g/mol. The number of hydrogen-bond acceptors (Lipinski definition) is 1. The molecule has 0 unspecified atom stereocenters. The summed E-state index contributed by atoms with van der Waals surface area (Å²) in [6.07, 6.45) is 5.07. The molecule has 1 heterocycles. The standard InChI is InChI=1S/C15H17ClN2O/c16-12-5-6-13-11(7-12)8-14(18-13)15(19)17-9-10-3-1-2-4-10/h5-8,10,18H,1-4,9H2,(H,17,19). The van der Waals surface area contributed by atoms with Crippen LogP contribution < -0.4 is 5.32 Å². The van der Waals surface area contributed by atoms with Gasteiger partial charge < -0.3 is 10.3 Å². The highest BCUT2D eigenvalue weighted by Crippen LogP contribution is 2.24. The van der Waals surface area contributed by atoms with E-state index >= 15 is 0 Å². The van der Waals surface area contributed by atoms with Crippen LogP contribution in [0.1, 0.15) is 36.2 Å². The van der Waals surface area contributed by atoms with Crippen LogP contribution in [0.15, 0.2) is 24.3 Å². The molecule has 1 fully saturated rings. The zero-order valence-corrected chi connectivity index (χ0v) is 11.5. The van der Waals surface area contributed by atoms with Crippen LogP contribution in [0.4, 0.5) is 0 Å². The third kappa shape index (κ3) is 2.76. The Kier molecular flexibility index (Phi) is 3.47. The smallest absolute Gasteiger partial charge is 0.267 e. The average Bonchev–Trinajstić information content (AvgIpc) is 3.04. The second kappa shape index (κ2) is 5.25. The molecule has 1 aliphatic carbocycles. The molecule has 19 heavy (non-hydrogen) atoms. The first kappa shape index (κ1) is 12.5. The number of halogens is 1. The SMILES string of the molecule is O=C(NCC1CCCC1)c1cc2cc(Cl)ccc2[nH]1. The molecule has 2 aromatic rings. The van der Waals surface area contributed by atoms with Gasteiger partial charge in [-0.2, -0.15) is 0 Å². The minimum Gasteiger partial charge on any atom is -0.351 e. The zero-order chi connectivity index (χ0) is 13.2. The monoisotopic (exact) mass is 276 g/mol.